The SMILES string of the molecule is NC(=O)OC(=O)c1csc(Br)n1. The summed E-state index contributed by atoms with van der Waals surface area (Å²) >= 11 is 4.26. The zero-order valence-corrected chi connectivity index (χ0v) is 8.02. The maximum atomic E-state index is 10.9. The lowest BCUT2D eigenvalue weighted by molar-refractivity contribution is 0.0633. The molecule has 5 nitrogen and oxygen atoms in total. The largest absolute Gasteiger partial charge is 0.412 e. The minimum atomic E-state index is -1.14. The van der Waals surface area contributed by atoms with Crippen LogP contribution in [0.25, 0.3) is 0 Å². The van der Waals surface area contributed by atoms with Crippen LogP contribution in [0.5, 0.6) is 0 Å². The molecule has 1 aromatic heterocycles. The van der Waals surface area contributed by atoms with Crippen molar-refractivity contribution in [3.63, 3.8) is 0 Å². The fourth-order valence-electron chi connectivity index (χ4n) is 0.489. The van der Waals surface area contributed by atoms with E-state index in [4.69, 9.17) is 0 Å². The van der Waals surface area contributed by atoms with Crippen LogP contribution in [0.4, 0.5) is 4.79 Å². The Bertz CT molecular complexity index is 324. The quantitative estimate of drug-likeness (QED) is 0.599. The molecule has 0 aromatic carbocycles. The number of esters is 1. The lowest BCUT2D eigenvalue weighted by Gasteiger charge is -1.93. The van der Waals surface area contributed by atoms with Gasteiger partial charge in [-0.1, -0.05) is 0 Å². The van der Waals surface area contributed by atoms with E-state index in [0.717, 1.165) is 0 Å². The Labute approximate surface area is 79.7 Å². The zero-order chi connectivity index (χ0) is 9.14. The highest BCUT2D eigenvalue weighted by atomic mass is 79.9. The molecule has 0 aliphatic carbocycles. The van der Waals surface area contributed by atoms with E-state index in [1.54, 1.807) is 0 Å². The molecular formula is C5H3BrN2O3S. The summed E-state index contributed by atoms with van der Waals surface area (Å²) in [6, 6.07) is 0. The van der Waals surface area contributed by atoms with Crippen molar-refractivity contribution in [1.82, 2.24) is 4.98 Å². The number of halogens is 1. The first-order valence-electron chi connectivity index (χ1n) is 2.72. The Morgan fingerprint density at radius 3 is 2.75 bits per heavy atom. The minimum absolute atomic E-state index is 0.0608. The second kappa shape index (κ2) is 3.63. The number of ether oxygens (including phenoxy) is 1. The molecule has 7 heteroatoms. The highest BCUT2D eigenvalue weighted by molar-refractivity contribution is 9.11. The van der Waals surface area contributed by atoms with Crippen LogP contribution in [-0.2, 0) is 4.74 Å². The predicted molar refractivity (Wildman–Crippen MR) is 44.8 cm³/mol. The van der Waals surface area contributed by atoms with E-state index in [9.17, 15) is 9.59 Å². The van der Waals surface area contributed by atoms with Gasteiger partial charge in [0.05, 0.1) is 0 Å². The van der Waals surface area contributed by atoms with Crippen LogP contribution < -0.4 is 5.73 Å². The van der Waals surface area contributed by atoms with E-state index >= 15 is 0 Å². The van der Waals surface area contributed by atoms with Crippen molar-refractivity contribution < 1.29 is 14.3 Å². The Kier molecular flexibility index (Phi) is 2.77. The highest BCUT2D eigenvalue weighted by Gasteiger charge is 2.13. The fraction of sp³-hybridized carbons (Fsp3) is 0. The third-order valence-electron chi connectivity index (χ3n) is 0.879. The summed E-state index contributed by atoms with van der Waals surface area (Å²) in [7, 11) is 0. The summed E-state index contributed by atoms with van der Waals surface area (Å²) in [5.41, 5.74) is 4.68. The van der Waals surface area contributed by atoms with E-state index in [0.29, 0.717) is 3.92 Å². The number of nitrogens with zero attached hydrogens (tertiary/aromatic N) is 1. The number of carbonyl (C=O) groups is 2. The first kappa shape index (κ1) is 9.14. The summed E-state index contributed by atoms with van der Waals surface area (Å²) in [6.45, 7) is 0. The standard InChI is InChI=1S/C5H3BrN2O3S/c6-4-8-2(1-12-4)3(9)11-5(7)10/h1H,(H2,7,10). The van der Waals surface area contributed by atoms with Gasteiger partial charge in [-0.05, 0) is 15.9 Å². The Hall–Kier alpha value is -0.950. The maximum Gasteiger partial charge on any atom is 0.412 e. The van der Waals surface area contributed by atoms with Crippen LogP contribution in [0.3, 0.4) is 0 Å². The van der Waals surface area contributed by atoms with Crippen LogP contribution in [0.2, 0.25) is 0 Å². The van der Waals surface area contributed by atoms with Gasteiger partial charge >= 0.3 is 12.1 Å². The Morgan fingerprint density at radius 2 is 2.33 bits per heavy atom. The number of nitrogens with two attached hydrogens (primary N) is 1. The maximum absolute atomic E-state index is 10.9. The monoisotopic (exact) mass is 250 g/mol. The van der Waals surface area contributed by atoms with Crippen molar-refractivity contribution >= 4 is 39.3 Å². The van der Waals surface area contributed by atoms with Crippen molar-refractivity contribution in [3.8, 4) is 0 Å². The van der Waals surface area contributed by atoms with E-state index in [1.165, 1.54) is 16.7 Å². The van der Waals surface area contributed by atoms with Crippen LogP contribution in [-0.4, -0.2) is 17.0 Å². The molecule has 0 radical (unpaired) electrons. The molecule has 1 heterocycles. The van der Waals surface area contributed by atoms with E-state index in [2.05, 4.69) is 31.4 Å². The summed E-state index contributed by atoms with van der Waals surface area (Å²) in [5, 5.41) is 1.45. The molecule has 0 fully saturated rings. The van der Waals surface area contributed by atoms with Gasteiger partial charge in [0.1, 0.15) is 0 Å². The molecule has 0 bridgehead atoms. The number of amides is 1. The van der Waals surface area contributed by atoms with Gasteiger partial charge < -0.3 is 10.5 Å². The van der Waals surface area contributed by atoms with Crippen molar-refractivity contribution in [2.24, 2.45) is 5.73 Å². The molecule has 0 unspecified atom stereocenters. The third kappa shape index (κ3) is 2.28. The summed E-state index contributed by atoms with van der Waals surface area (Å²) < 4.78 is 4.61. The number of primary amides is 1. The first-order chi connectivity index (χ1) is 5.59. The van der Waals surface area contributed by atoms with Crippen molar-refractivity contribution in [2.45, 2.75) is 0 Å². The molecule has 0 aliphatic rings. The lowest BCUT2D eigenvalue weighted by atomic mass is 10.5. The van der Waals surface area contributed by atoms with Gasteiger partial charge in [0.15, 0.2) is 9.61 Å². The smallest absolute Gasteiger partial charge is 0.372 e. The molecule has 64 valence electrons. The van der Waals surface area contributed by atoms with Gasteiger partial charge in [-0.15, -0.1) is 11.3 Å². The van der Waals surface area contributed by atoms with Crippen molar-refractivity contribution in [3.05, 3.63) is 15.0 Å². The Morgan fingerprint density at radius 1 is 1.67 bits per heavy atom. The Balaban J connectivity index is 2.72. The van der Waals surface area contributed by atoms with Crippen LogP contribution in [0.1, 0.15) is 10.5 Å². The number of hydrogen-bond donors (Lipinski definition) is 1. The average Bonchev–Trinajstić information content (AvgIpc) is 2.34. The van der Waals surface area contributed by atoms with E-state index in [-0.39, 0.29) is 5.69 Å². The van der Waals surface area contributed by atoms with Gasteiger partial charge in [0.2, 0.25) is 0 Å². The fourth-order valence-corrected chi connectivity index (χ4v) is 1.47. The predicted octanol–water partition coefficient (Wildman–Crippen LogP) is 1.14. The van der Waals surface area contributed by atoms with Gasteiger partial charge in [0, 0.05) is 5.38 Å². The first-order valence-corrected chi connectivity index (χ1v) is 4.39. The van der Waals surface area contributed by atoms with Crippen LogP contribution >= 0.6 is 27.3 Å². The number of hydrogen-bond acceptors (Lipinski definition) is 5. The van der Waals surface area contributed by atoms with Crippen LogP contribution in [0, 0.1) is 0 Å². The zero-order valence-electron chi connectivity index (χ0n) is 5.61. The molecule has 0 saturated heterocycles. The molecule has 0 atom stereocenters. The van der Waals surface area contributed by atoms with Crippen molar-refractivity contribution in [2.75, 3.05) is 0 Å². The molecule has 0 aliphatic heterocycles. The second-order valence-corrected chi connectivity index (χ2v) is 3.83. The lowest BCUT2D eigenvalue weighted by Crippen LogP contribution is -2.18. The third-order valence-corrected chi connectivity index (χ3v) is 2.24. The molecule has 1 amide bonds. The number of aromatic nitrogens is 1. The highest BCUT2D eigenvalue weighted by Crippen LogP contribution is 2.16. The number of rotatable bonds is 1. The van der Waals surface area contributed by atoms with Gasteiger partial charge in [0.25, 0.3) is 0 Å². The van der Waals surface area contributed by atoms with Crippen LogP contribution in [0.15, 0.2) is 9.30 Å². The normalized spacial score (nSPS) is 9.42. The number of carbonyl (C=O) groups excluding carboxylic acids is 2. The average molecular weight is 251 g/mol. The minimum Gasteiger partial charge on any atom is -0.372 e. The van der Waals surface area contributed by atoms with E-state index < -0.39 is 12.1 Å². The van der Waals surface area contributed by atoms with Gasteiger partial charge in [-0.25, -0.2) is 14.6 Å². The molecule has 0 saturated carbocycles. The molecule has 0 spiro atoms. The second-order valence-electron chi connectivity index (χ2n) is 1.69. The summed E-state index contributed by atoms with van der Waals surface area (Å²) in [6.07, 6.45) is -1.14. The molecule has 2 N–H and O–H groups in total. The molecular weight excluding hydrogens is 248 g/mol. The van der Waals surface area contributed by atoms with E-state index in [1.807, 2.05) is 0 Å². The topological polar surface area (TPSA) is 82.3 Å². The van der Waals surface area contributed by atoms with Crippen molar-refractivity contribution in [1.29, 1.82) is 0 Å². The molecule has 1 aromatic rings. The summed E-state index contributed by atoms with van der Waals surface area (Å²) in [5.74, 6) is -0.843. The van der Waals surface area contributed by atoms with Gasteiger partial charge in [-0.3, -0.25) is 0 Å². The summed E-state index contributed by atoms with van der Waals surface area (Å²) in [4.78, 5) is 24.7. The van der Waals surface area contributed by atoms with Gasteiger partial charge in [-0.2, -0.15) is 0 Å². The molecule has 1 rings (SSSR count). The number of thiazole rings is 1. The molecule has 12 heavy (non-hydrogen) atoms.